The van der Waals surface area contributed by atoms with E-state index in [2.05, 4.69) is 29.8 Å². The van der Waals surface area contributed by atoms with Crippen LogP contribution in [0.4, 0.5) is 0 Å². The normalized spacial score (nSPS) is 10.5. The number of nitrogens with two attached hydrogens (primary N) is 1. The van der Waals surface area contributed by atoms with Crippen LogP contribution in [-0.4, -0.2) is 11.6 Å². The molecule has 1 aromatic rings. The Bertz CT molecular complexity index is 379. The molecule has 16 heavy (non-hydrogen) atoms. The summed E-state index contributed by atoms with van der Waals surface area (Å²) in [5, 5.41) is 0. The molecule has 0 bridgehead atoms. The van der Waals surface area contributed by atoms with E-state index in [1.165, 1.54) is 0 Å². The van der Waals surface area contributed by atoms with Gasteiger partial charge in [-0.3, -0.25) is 0 Å². The Hall–Kier alpha value is -0.610. The third kappa shape index (κ3) is 4.10. The molecule has 0 radical (unpaired) electrons. The molecule has 2 nitrogen and oxygen atoms in total. The summed E-state index contributed by atoms with van der Waals surface area (Å²) >= 11 is 8.34. The van der Waals surface area contributed by atoms with Crippen LogP contribution in [0, 0.1) is 5.92 Å². The van der Waals surface area contributed by atoms with Crippen molar-refractivity contribution < 1.29 is 4.74 Å². The summed E-state index contributed by atoms with van der Waals surface area (Å²) in [5.41, 5.74) is 6.40. The highest BCUT2D eigenvalue weighted by Gasteiger charge is 2.04. The van der Waals surface area contributed by atoms with Gasteiger partial charge in [0.25, 0.3) is 0 Å². The van der Waals surface area contributed by atoms with Crippen LogP contribution in [0.1, 0.15) is 25.8 Å². The smallest absolute Gasteiger partial charge is 0.120 e. The molecule has 0 atom stereocenters. The molecule has 0 amide bonds. The molecule has 0 unspecified atom stereocenters. The zero-order chi connectivity index (χ0) is 12.1. The minimum atomic E-state index is 0.389. The van der Waals surface area contributed by atoms with Crippen LogP contribution >= 0.6 is 28.1 Å². The maximum Gasteiger partial charge on any atom is 0.120 e. The molecular weight excluding hydrogens is 286 g/mol. The van der Waals surface area contributed by atoms with E-state index in [4.69, 9.17) is 22.7 Å². The van der Waals surface area contributed by atoms with Gasteiger partial charge in [-0.2, -0.15) is 0 Å². The summed E-state index contributed by atoms with van der Waals surface area (Å²) in [6, 6.07) is 5.66. The third-order valence-electron chi connectivity index (χ3n) is 2.17. The molecule has 2 N–H and O–H groups in total. The lowest BCUT2D eigenvalue weighted by atomic mass is 10.1. The molecular formula is C12H16BrNOS. The first-order chi connectivity index (χ1) is 7.50. The topological polar surface area (TPSA) is 35.2 Å². The van der Waals surface area contributed by atoms with E-state index >= 15 is 0 Å². The minimum absolute atomic E-state index is 0.389. The fourth-order valence-electron chi connectivity index (χ4n) is 1.20. The molecule has 0 aliphatic rings. The van der Waals surface area contributed by atoms with Gasteiger partial charge in [0.15, 0.2) is 0 Å². The van der Waals surface area contributed by atoms with Crippen LogP contribution < -0.4 is 10.5 Å². The summed E-state index contributed by atoms with van der Waals surface area (Å²) in [6.07, 6.45) is 1.05. The Balaban J connectivity index is 2.63. The van der Waals surface area contributed by atoms with Gasteiger partial charge in [-0.15, -0.1) is 0 Å². The van der Waals surface area contributed by atoms with Crippen LogP contribution in [0.25, 0.3) is 0 Å². The first-order valence-corrected chi connectivity index (χ1v) is 6.43. The Morgan fingerprint density at radius 2 is 2.19 bits per heavy atom. The van der Waals surface area contributed by atoms with Crippen LogP contribution in [0.3, 0.4) is 0 Å². The fraction of sp³-hybridized carbons (Fsp3) is 0.417. The highest BCUT2D eigenvalue weighted by atomic mass is 79.9. The van der Waals surface area contributed by atoms with E-state index < -0.39 is 0 Å². The second kappa shape index (κ2) is 6.21. The summed E-state index contributed by atoms with van der Waals surface area (Å²) < 4.78 is 6.50. The Morgan fingerprint density at radius 3 is 2.69 bits per heavy atom. The summed E-state index contributed by atoms with van der Waals surface area (Å²) in [7, 11) is 0. The highest BCUT2D eigenvalue weighted by Crippen LogP contribution is 2.23. The van der Waals surface area contributed by atoms with Crippen molar-refractivity contribution >= 4 is 33.1 Å². The number of halogens is 1. The number of hydrogen-bond donors (Lipinski definition) is 1. The quantitative estimate of drug-likeness (QED) is 0.845. The predicted octanol–water partition coefficient (Wildman–Crippen LogP) is 3.51. The second-order valence-electron chi connectivity index (χ2n) is 4.04. The van der Waals surface area contributed by atoms with E-state index in [0.29, 0.717) is 10.9 Å². The molecule has 0 heterocycles. The lowest BCUT2D eigenvalue weighted by Crippen LogP contribution is -2.10. The number of ether oxygens (including phenoxy) is 1. The standard InChI is InChI=1S/C12H16BrNOS/c1-8(2)5-6-15-9-3-4-10(12(14)16)11(13)7-9/h3-4,7-8H,5-6H2,1-2H3,(H2,14,16). The average molecular weight is 302 g/mol. The van der Waals surface area contributed by atoms with E-state index in [9.17, 15) is 0 Å². The van der Waals surface area contributed by atoms with Crippen molar-refractivity contribution in [2.45, 2.75) is 20.3 Å². The Labute approximate surface area is 110 Å². The van der Waals surface area contributed by atoms with Gasteiger partial charge in [-0.25, -0.2) is 0 Å². The molecule has 0 saturated carbocycles. The largest absolute Gasteiger partial charge is 0.494 e. The van der Waals surface area contributed by atoms with Crippen LogP contribution in [0.15, 0.2) is 22.7 Å². The molecule has 0 spiro atoms. The van der Waals surface area contributed by atoms with Crippen molar-refractivity contribution in [1.82, 2.24) is 0 Å². The molecule has 0 aliphatic carbocycles. The van der Waals surface area contributed by atoms with Crippen LogP contribution in [0.2, 0.25) is 0 Å². The lowest BCUT2D eigenvalue weighted by Gasteiger charge is -2.09. The molecule has 1 aromatic carbocycles. The van der Waals surface area contributed by atoms with Gasteiger partial charge in [-0.05, 0) is 46.5 Å². The first-order valence-electron chi connectivity index (χ1n) is 5.23. The molecule has 1 rings (SSSR count). The maximum absolute atomic E-state index is 5.62. The average Bonchev–Trinajstić information content (AvgIpc) is 2.16. The summed E-state index contributed by atoms with van der Waals surface area (Å²) in [5.74, 6) is 1.49. The van der Waals surface area contributed by atoms with Gasteiger partial charge in [0, 0.05) is 10.0 Å². The van der Waals surface area contributed by atoms with E-state index in [-0.39, 0.29) is 0 Å². The number of hydrogen-bond acceptors (Lipinski definition) is 2. The van der Waals surface area contributed by atoms with Crippen LogP contribution in [0.5, 0.6) is 5.75 Å². The van der Waals surface area contributed by atoms with Crippen molar-refractivity contribution in [3.8, 4) is 5.75 Å². The molecule has 0 fully saturated rings. The fourth-order valence-corrected chi connectivity index (χ4v) is 2.08. The van der Waals surface area contributed by atoms with Crippen LogP contribution in [-0.2, 0) is 0 Å². The van der Waals surface area contributed by atoms with E-state index in [1.807, 2.05) is 18.2 Å². The van der Waals surface area contributed by atoms with Crippen molar-refractivity contribution in [1.29, 1.82) is 0 Å². The molecule has 4 heteroatoms. The Kier molecular flexibility index (Phi) is 5.22. The molecule has 0 saturated heterocycles. The van der Waals surface area contributed by atoms with E-state index in [1.54, 1.807) is 0 Å². The zero-order valence-electron chi connectivity index (χ0n) is 9.50. The lowest BCUT2D eigenvalue weighted by molar-refractivity contribution is 0.289. The number of thiocarbonyl (C=S) groups is 1. The van der Waals surface area contributed by atoms with E-state index in [0.717, 1.165) is 28.8 Å². The van der Waals surface area contributed by atoms with Crippen molar-refractivity contribution in [2.24, 2.45) is 11.7 Å². The van der Waals surface area contributed by atoms with Gasteiger partial charge in [-0.1, -0.05) is 26.1 Å². The van der Waals surface area contributed by atoms with Gasteiger partial charge in [0.2, 0.25) is 0 Å². The molecule has 0 aliphatic heterocycles. The summed E-state index contributed by atoms with van der Waals surface area (Å²) in [4.78, 5) is 0.389. The third-order valence-corrected chi connectivity index (χ3v) is 3.05. The number of benzene rings is 1. The van der Waals surface area contributed by atoms with Gasteiger partial charge in [0.05, 0.1) is 6.61 Å². The monoisotopic (exact) mass is 301 g/mol. The summed E-state index contributed by atoms with van der Waals surface area (Å²) in [6.45, 7) is 5.08. The number of rotatable bonds is 5. The SMILES string of the molecule is CC(C)CCOc1ccc(C(N)=S)c(Br)c1. The van der Waals surface area contributed by atoms with Crippen molar-refractivity contribution in [3.63, 3.8) is 0 Å². The highest BCUT2D eigenvalue weighted by molar-refractivity contribution is 9.10. The van der Waals surface area contributed by atoms with Gasteiger partial charge >= 0.3 is 0 Å². The predicted molar refractivity (Wildman–Crippen MR) is 75.0 cm³/mol. The van der Waals surface area contributed by atoms with Crippen molar-refractivity contribution in [3.05, 3.63) is 28.2 Å². The zero-order valence-corrected chi connectivity index (χ0v) is 11.9. The molecule has 0 aromatic heterocycles. The van der Waals surface area contributed by atoms with Gasteiger partial charge < -0.3 is 10.5 Å². The van der Waals surface area contributed by atoms with Gasteiger partial charge in [0.1, 0.15) is 10.7 Å². The van der Waals surface area contributed by atoms with Crippen molar-refractivity contribution in [2.75, 3.05) is 6.61 Å². The molecule has 88 valence electrons. The minimum Gasteiger partial charge on any atom is -0.494 e. The first kappa shape index (κ1) is 13.5. The second-order valence-corrected chi connectivity index (χ2v) is 5.33. The maximum atomic E-state index is 5.62. The Morgan fingerprint density at radius 1 is 1.50 bits per heavy atom.